The van der Waals surface area contributed by atoms with Crippen molar-refractivity contribution in [1.82, 2.24) is 9.55 Å². The number of nitrogens with zero attached hydrogens (tertiary/aromatic N) is 1. The van der Waals surface area contributed by atoms with E-state index in [0.29, 0.717) is 6.61 Å². The summed E-state index contributed by atoms with van der Waals surface area (Å²) in [5.74, 6) is 3.41. The van der Waals surface area contributed by atoms with Crippen LogP contribution in [-0.4, -0.2) is 47.1 Å². The van der Waals surface area contributed by atoms with Crippen molar-refractivity contribution >= 4 is 8.07 Å². The summed E-state index contributed by atoms with van der Waals surface area (Å²) in [7, 11) is -1.94. The Balaban J connectivity index is 1.76. The lowest BCUT2D eigenvalue weighted by Crippen LogP contribution is -2.48. The molecule has 8 nitrogen and oxygen atoms in total. The molecule has 1 saturated heterocycles. The number of benzene rings is 2. The molecule has 9 heteroatoms. The maximum Gasteiger partial charge on any atom is 0.330 e. The standard InChI is InChI=1S/C31H38N2O6Si/c1-4-40(5-2,6-3)20-18-31(23-37-21-24-13-9-7-10-14-24)28(38-22-25-15-11-8-12-16-25)27(35)29(39-31)33-19-17-26(34)32-30(33)36/h7-17,19,27-29,35H,4-6,21-23H2,1-3H3,(H,32,34,36)/t27?,28?,29-,31-/m1/s1. The van der Waals surface area contributed by atoms with Crippen molar-refractivity contribution in [3.05, 3.63) is 105 Å². The zero-order valence-electron chi connectivity index (χ0n) is 23.3. The van der Waals surface area contributed by atoms with Crippen LogP contribution in [-0.2, 0) is 27.4 Å². The van der Waals surface area contributed by atoms with Crippen LogP contribution in [0.2, 0.25) is 18.1 Å². The fourth-order valence-corrected chi connectivity index (χ4v) is 7.53. The average molecular weight is 563 g/mol. The Morgan fingerprint density at radius 2 is 1.55 bits per heavy atom. The van der Waals surface area contributed by atoms with Gasteiger partial charge in [-0.05, 0) is 29.3 Å². The maximum atomic E-state index is 12.7. The van der Waals surface area contributed by atoms with Crippen LogP contribution in [0, 0.1) is 11.5 Å². The molecule has 1 aliphatic rings. The summed E-state index contributed by atoms with van der Waals surface area (Å²) in [6.45, 7) is 7.05. The van der Waals surface area contributed by atoms with Gasteiger partial charge in [0.25, 0.3) is 5.56 Å². The van der Waals surface area contributed by atoms with Gasteiger partial charge in [0, 0.05) is 12.3 Å². The van der Waals surface area contributed by atoms with E-state index < -0.39 is 43.4 Å². The van der Waals surface area contributed by atoms with Gasteiger partial charge in [0.2, 0.25) is 0 Å². The summed E-state index contributed by atoms with van der Waals surface area (Å²) in [5, 5.41) is 11.6. The molecule has 1 aliphatic heterocycles. The molecule has 2 N–H and O–H groups in total. The molecule has 2 aromatic carbocycles. The minimum Gasteiger partial charge on any atom is -0.386 e. The van der Waals surface area contributed by atoms with E-state index >= 15 is 0 Å². The average Bonchev–Trinajstić information content (AvgIpc) is 3.25. The Morgan fingerprint density at radius 1 is 0.950 bits per heavy atom. The number of aliphatic hydroxyl groups excluding tert-OH is 1. The molecule has 1 aromatic heterocycles. The van der Waals surface area contributed by atoms with Gasteiger partial charge in [-0.1, -0.05) is 87.4 Å². The Bertz CT molecular complexity index is 1400. The first kappa shape index (κ1) is 29.7. The molecular weight excluding hydrogens is 524 g/mol. The molecule has 40 heavy (non-hydrogen) atoms. The van der Waals surface area contributed by atoms with Crippen LogP contribution in [0.15, 0.2) is 82.5 Å². The number of hydrogen-bond acceptors (Lipinski definition) is 6. The fourth-order valence-electron chi connectivity index (χ4n) is 5.02. The molecule has 4 atom stereocenters. The molecule has 0 bridgehead atoms. The van der Waals surface area contributed by atoms with E-state index in [-0.39, 0.29) is 13.2 Å². The number of aromatic amines is 1. The minimum absolute atomic E-state index is 0.0155. The first-order valence-electron chi connectivity index (χ1n) is 13.8. The smallest absolute Gasteiger partial charge is 0.330 e. The Hall–Kier alpha value is -3.26. The van der Waals surface area contributed by atoms with Crippen molar-refractivity contribution < 1.29 is 19.3 Å². The SMILES string of the molecule is CC[Si](C#C[C@]1(COCc2ccccc2)O[C@@H](n2ccc(=O)[nH]c2=O)C(O)C1OCc1ccccc1)(CC)CC. The number of hydrogen-bond donors (Lipinski definition) is 2. The zero-order chi connectivity index (χ0) is 28.6. The van der Waals surface area contributed by atoms with Crippen molar-refractivity contribution in [3.63, 3.8) is 0 Å². The molecule has 0 spiro atoms. The second kappa shape index (κ2) is 13.4. The second-order valence-electron chi connectivity index (χ2n) is 10.2. The number of ether oxygens (including phenoxy) is 3. The predicted molar refractivity (Wildman–Crippen MR) is 156 cm³/mol. The van der Waals surface area contributed by atoms with Crippen molar-refractivity contribution in [3.8, 4) is 11.5 Å². The summed E-state index contributed by atoms with van der Waals surface area (Å²) in [6, 6.07) is 23.6. The van der Waals surface area contributed by atoms with E-state index in [1.807, 2.05) is 60.7 Å². The lowest BCUT2D eigenvalue weighted by atomic mass is 9.96. The van der Waals surface area contributed by atoms with Crippen LogP contribution in [0.1, 0.15) is 38.1 Å². The van der Waals surface area contributed by atoms with Gasteiger partial charge in [-0.2, -0.15) is 0 Å². The molecular formula is C31H38N2O6Si. The molecule has 2 heterocycles. The minimum atomic E-state index is -1.94. The van der Waals surface area contributed by atoms with E-state index in [2.05, 4.69) is 37.2 Å². The number of H-pyrrole nitrogens is 1. The summed E-state index contributed by atoms with van der Waals surface area (Å²) < 4.78 is 20.3. The van der Waals surface area contributed by atoms with Crippen molar-refractivity contribution in [2.24, 2.45) is 0 Å². The van der Waals surface area contributed by atoms with Gasteiger partial charge in [-0.25, -0.2) is 4.79 Å². The highest BCUT2D eigenvalue weighted by Gasteiger charge is 2.56. The predicted octanol–water partition coefficient (Wildman–Crippen LogP) is 4.02. The molecule has 0 amide bonds. The van der Waals surface area contributed by atoms with E-state index in [0.717, 1.165) is 29.3 Å². The third-order valence-corrected chi connectivity index (χ3v) is 12.5. The topological polar surface area (TPSA) is 103 Å². The first-order valence-corrected chi connectivity index (χ1v) is 16.5. The van der Waals surface area contributed by atoms with Gasteiger partial charge in [0.1, 0.15) is 20.3 Å². The lowest BCUT2D eigenvalue weighted by Gasteiger charge is -2.31. The molecule has 0 radical (unpaired) electrons. The van der Waals surface area contributed by atoms with Crippen LogP contribution in [0.5, 0.6) is 0 Å². The van der Waals surface area contributed by atoms with Crippen LogP contribution < -0.4 is 11.2 Å². The summed E-state index contributed by atoms with van der Waals surface area (Å²) in [5.41, 5.74) is 2.93. The third kappa shape index (κ3) is 6.71. The molecule has 1 fully saturated rings. The zero-order valence-corrected chi connectivity index (χ0v) is 24.3. The quantitative estimate of drug-likeness (QED) is 0.270. The molecule has 0 aliphatic carbocycles. The van der Waals surface area contributed by atoms with Gasteiger partial charge in [0.15, 0.2) is 11.8 Å². The lowest BCUT2D eigenvalue weighted by molar-refractivity contribution is -0.124. The number of rotatable bonds is 11. The highest BCUT2D eigenvalue weighted by atomic mass is 28.3. The van der Waals surface area contributed by atoms with Gasteiger partial charge in [0.05, 0.1) is 19.8 Å². The summed E-state index contributed by atoms with van der Waals surface area (Å²) in [4.78, 5) is 26.7. The second-order valence-corrected chi connectivity index (χ2v) is 15.1. The number of aromatic nitrogens is 2. The normalized spacial score (nSPS) is 22.6. The van der Waals surface area contributed by atoms with Gasteiger partial charge < -0.3 is 19.3 Å². The van der Waals surface area contributed by atoms with Crippen LogP contribution in [0.3, 0.4) is 0 Å². The van der Waals surface area contributed by atoms with E-state index in [9.17, 15) is 14.7 Å². The van der Waals surface area contributed by atoms with E-state index in [1.165, 1.54) is 16.8 Å². The third-order valence-electron chi connectivity index (χ3n) is 7.79. The molecule has 2 unspecified atom stereocenters. The molecule has 0 saturated carbocycles. The monoisotopic (exact) mass is 562 g/mol. The van der Waals surface area contributed by atoms with Crippen molar-refractivity contribution in [1.29, 1.82) is 0 Å². The van der Waals surface area contributed by atoms with Gasteiger partial charge in [-0.15, -0.1) is 5.54 Å². The summed E-state index contributed by atoms with van der Waals surface area (Å²) >= 11 is 0. The van der Waals surface area contributed by atoms with E-state index in [1.54, 1.807) is 0 Å². The highest BCUT2D eigenvalue weighted by Crippen LogP contribution is 2.39. The van der Waals surface area contributed by atoms with Crippen molar-refractivity contribution in [2.45, 2.75) is 76.2 Å². The Morgan fingerprint density at radius 3 is 2.12 bits per heavy atom. The largest absolute Gasteiger partial charge is 0.386 e. The fraction of sp³-hybridized carbons (Fsp3) is 0.419. The number of aliphatic hydroxyl groups is 1. The van der Waals surface area contributed by atoms with Gasteiger partial charge in [-0.3, -0.25) is 14.3 Å². The summed E-state index contributed by atoms with van der Waals surface area (Å²) in [6.07, 6.45) is -2.01. The first-order chi connectivity index (χ1) is 19.3. The maximum absolute atomic E-state index is 12.7. The Labute approximate surface area is 236 Å². The Kier molecular flexibility index (Phi) is 9.95. The highest BCUT2D eigenvalue weighted by molar-refractivity contribution is 6.87. The van der Waals surface area contributed by atoms with Gasteiger partial charge >= 0.3 is 5.69 Å². The molecule has 212 valence electrons. The van der Waals surface area contributed by atoms with Crippen molar-refractivity contribution in [2.75, 3.05) is 6.61 Å². The molecule has 3 aromatic rings. The molecule has 4 rings (SSSR count). The van der Waals surface area contributed by atoms with Crippen LogP contribution >= 0.6 is 0 Å². The van der Waals surface area contributed by atoms with Crippen LogP contribution in [0.4, 0.5) is 0 Å². The van der Waals surface area contributed by atoms with E-state index in [4.69, 9.17) is 14.2 Å². The number of nitrogens with one attached hydrogen (secondary N) is 1. The van der Waals surface area contributed by atoms with Crippen LogP contribution in [0.25, 0.3) is 0 Å².